The third-order valence-electron chi connectivity index (χ3n) is 5.79. The molecule has 0 saturated carbocycles. The van der Waals surface area contributed by atoms with E-state index in [0.29, 0.717) is 22.7 Å². The Balaban J connectivity index is 1.78. The average molecular weight is 456 g/mol. The van der Waals surface area contributed by atoms with Crippen LogP contribution in [0.5, 0.6) is 5.88 Å². The summed E-state index contributed by atoms with van der Waals surface area (Å²) in [5.74, 6) is -0.109. The highest BCUT2D eigenvalue weighted by Gasteiger charge is 2.52. The second kappa shape index (κ2) is 8.41. The fourth-order valence-electron chi connectivity index (χ4n) is 4.00. The van der Waals surface area contributed by atoms with E-state index in [4.69, 9.17) is 15.2 Å². The van der Waals surface area contributed by atoms with E-state index in [0.717, 1.165) is 0 Å². The molecular weight excluding hydrogens is 431 g/mol. The molecule has 4 rings (SSSR count). The van der Waals surface area contributed by atoms with Gasteiger partial charge in [0.25, 0.3) is 0 Å². The van der Waals surface area contributed by atoms with Gasteiger partial charge in [-0.3, -0.25) is 4.79 Å². The fourth-order valence-corrected chi connectivity index (χ4v) is 4.00. The van der Waals surface area contributed by atoms with Crippen molar-refractivity contribution in [2.45, 2.75) is 39.0 Å². The number of amides is 1. The molecule has 0 saturated heterocycles. The largest absolute Gasteiger partial charge is 0.481 e. The quantitative estimate of drug-likeness (QED) is 0.459. The van der Waals surface area contributed by atoms with Gasteiger partial charge in [0.1, 0.15) is 28.6 Å². The zero-order chi connectivity index (χ0) is 23.9. The summed E-state index contributed by atoms with van der Waals surface area (Å²) in [7, 11) is 1.49. The maximum absolute atomic E-state index is 14.2. The number of aliphatic hydroxyl groups is 1. The van der Waals surface area contributed by atoms with Gasteiger partial charge in [0.05, 0.1) is 19.2 Å². The normalized spacial score (nSPS) is 18.2. The van der Waals surface area contributed by atoms with Gasteiger partial charge in [-0.15, -0.1) is 0 Å². The molecule has 2 unspecified atom stereocenters. The molecule has 0 spiro atoms. The van der Waals surface area contributed by atoms with Crippen molar-refractivity contribution >= 4 is 17.5 Å². The average Bonchev–Trinajstić information content (AvgIpc) is 3.23. The van der Waals surface area contributed by atoms with Gasteiger partial charge in [-0.2, -0.15) is 5.10 Å². The SMILES string of the molecule is CCOC(O)C1(C)C(=O)Nc2nc(-c3nn(Cc4ccccc4F)c(OC)c3C)nc(N)c21. The molecular formula is C22H25FN6O4. The maximum atomic E-state index is 14.2. The molecule has 2 atom stereocenters. The number of nitrogen functional groups attached to an aromatic ring is 1. The molecule has 4 N–H and O–H groups in total. The highest BCUT2D eigenvalue weighted by atomic mass is 19.1. The zero-order valence-corrected chi connectivity index (χ0v) is 18.7. The molecule has 3 aromatic rings. The smallest absolute Gasteiger partial charge is 0.241 e. The molecule has 174 valence electrons. The molecule has 1 amide bonds. The monoisotopic (exact) mass is 456 g/mol. The highest BCUT2D eigenvalue weighted by Crippen LogP contribution is 2.43. The Morgan fingerprint density at radius 1 is 1.33 bits per heavy atom. The molecule has 3 heterocycles. The number of ether oxygens (including phenoxy) is 2. The number of carbonyl (C=O) groups excluding carboxylic acids is 1. The summed E-state index contributed by atoms with van der Waals surface area (Å²) < 4.78 is 26.5. The number of nitrogens with zero attached hydrogens (tertiary/aromatic N) is 4. The van der Waals surface area contributed by atoms with Crippen molar-refractivity contribution in [3.63, 3.8) is 0 Å². The number of anilines is 2. The molecule has 10 nitrogen and oxygen atoms in total. The topological polar surface area (TPSA) is 137 Å². The van der Waals surface area contributed by atoms with E-state index < -0.39 is 17.6 Å². The summed E-state index contributed by atoms with van der Waals surface area (Å²) in [5, 5.41) is 17.6. The first-order valence-corrected chi connectivity index (χ1v) is 10.4. The summed E-state index contributed by atoms with van der Waals surface area (Å²) in [6.07, 6.45) is -1.43. The number of nitrogens with one attached hydrogen (secondary N) is 1. The van der Waals surface area contributed by atoms with Gasteiger partial charge >= 0.3 is 0 Å². The number of aromatic nitrogens is 4. The minimum absolute atomic E-state index is 0.0108. The Labute approximate surface area is 189 Å². The number of benzene rings is 1. The predicted molar refractivity (Wildman–Crippen MR) is 118 cm³/mol. The minimum atomic E-state index is -1.47. The molecule has 1 aliphatic rings. The maximum Gasteiger partial charge on any atom is 0.241 e. The Kier molecular flexibility index (Phi) is 5.76. The van der Waals surface area contributed by atoms with Crippen LogP contribution in [0.1, 0.15) is 30.5 Å². The summed E-state index contributed by atoms with van der Waals surface area (Å²) in [6, 6.07) is 6.39. The second-order valence-corrected chi connectivity index (χ2v) is 7.85. The molecule has 11 heteroatoms. The van der Waals surface area contributed by atoms with E-state index in [1.165, 1.54) is 24.8 Å². The van der Waals surface area contributed by atoms with Crippen LogP contribution in [0.4, 0.5) is 16.0 Å². The number of nitrogens with two attached hydrogens (primary N) is 1. The molecule has 1 aromatic carbocycles. The van der Waals surface area contributed by atoms with Gasteiger partial charge in [0.15, 0.2) is 12.1 Å². The number of fused-ring (bicyclic) bond motifs is 1. The Morgan fingerprint density at radius 2 is 2.06 bits per heavy atom. The van der Waals surface area contributed by atoms with Crippen LogP contribution in [0, 0.1) is 12.7 Å². The van der Waals surface area contributed by atoms with E-state index in [1.807, 2.05) is 0 Å². The van der Waals surface area contributed by atoms with Gasteiger partial charge < -0.3 is 25.6 Å². The van der Waals surface area contributed by atoms with Crippen LogP contribution in [0.25, 0.3) is 11.5 Å². The zero-order valence-electron chi connectivity index (χ0n) is 18.7. The summed E-state index contributed by atoms with van der Waals surface area (Å²) in [4.78, 5) is 21.5. The van der Waals surface area contributed by atoms with Crippen LogP contribution in [0.2, 0.25) is 0 Å². The molecule has 0 aliphatic carbocycles. The van der Waals surface area contributed by atoms with Crippen molar-refractivity contribution in [3.8, 4) is 17.4 Å². The van der Waals surface area contributed by atoms with Crippen molar-refractivity contribution in [1.82, 2.24) is 19.7 Å². The number of aliphatic hydroxyl groups excluding tert-OH is 1. The molecule has 1 aliphatic heterocycles. The van der Waals surface area contributed by atoms with E-state index >= 15 is 0 Å². The minimum Gasteiger partial charge on any atom is -0.481 e. The van der Waals surface area contributed by atoms with E-state index in [1.54, 1.807) is 32.0 Å². The van der Waals surface area contributed by atoms with Crippen molar-refractivity contribution in [1.29, 1.82) is 0 Å². The van der Waals surface area contributed by atoms with Gasteiger partial charge in [0.2, 0.25) is 11.8 Å². The first kappa shape index (κ1) is 22.6. The lowest BCUT2D eigenvalue weighted by Gasteiger charge is -2.28. The summed E-state index contributed by atoms with van der Waals surface area (Å²) in [6.45, 7) is 5.33. The first-order valence-electron chi connectivity index (χ1n) is 10.4. The second-order valence-electron chi connectivity index (χ2n) is 7.85. The summed E-state index contributed by atoms with van der Waals surface area (Å²) in [5.41, 5.74) is 6.44. The Hall–Kier alpha value is -3.57. The predicted octanol–water partition coefficient (Wildman–Crippen LogP) is 1.99. The summed E-state index contributed by atoms with van der Waals surface area (Å²) >= 11 is 0. The van der Waals surface area contributed by atoms with Crippen LogP contribution in [0.3, 0.4) is 0 Å². The van der Waals surface area contributed by atoms with Crippen molar-refractivity contribution in [2.24, 2.45) is 0 Å². The molecule has 0 fully saturated rings. The van der Waals surface area contributed by atoms with E-state index in [2.05, 4.69) is 20.4 Å². The van der Waals surface area contributed by atoms with Gasteiger partial charge in [-0.05, 0) is 26.8 Å². The third kappa shape index (κ3) is 3.58. The molecule has 0 radical (unpaired) electrons. The highest BCUT2D eigenvalue weighted by molar-refractivity contribution is 6.07. The molecule has 33 heavy (non-hydrogen) atoms. The van der Waals surface area contributed by atoms with E-state index in [9.17, 15) is 14.3 Å². The lowest BCUT2D eigenvalue weighted by molar-refractivity contribution is -0.155. The van der Waals surface area contributed by atoms with Gasteiger partial charge in [-0.25, -0.2) is 19.0 Å². The van der Waals surface area contributed by atoms with Crippen molar-refractivity contribution in [3.05, 3.63) is 46.8 Å². The molecule has 0 bridgehead atoms. The van der Waals surface area contributed by atoms with Crippen LogP contribution in [-0.2, 0) is 21.5 Å². The first-order chi connectivity index (χ1) is 15.7. The van der Waals surface area contributed by atoms with Crippen LogP contribution < -0.4 is 15.8 Å². The number of hydrogen-bond donors (Lipinski definition) is 3. The number of halogens is 1. The Bertz CT molecular complexity index is 1230. The van der Waals surface area contributed by atoms with Gasteiger partial charge in [-0.1, -0.05) is 18.2 Å². The van der Waals surface area contributed by atoms with Crippen LogP contribution in [-0.4, -0.2) is 50.8 Å². The van der Waals surface area contributed by atoms with Gasteiger partial charge in [0, 0.05) is 17.7 Å². The third-order valence-corrected chi connectivity index (χ3v) is 5.79. The van der Waals surface area contributed by atoms with Crippen LogP contribution in [0.15, 0.2) is 24.3 Å². The Morgan fingerprint density at radius 3 is 2.73 bits per heavy atom. The van der Waals surface area contributed by atoms with E-state index in [-0.39, 0.29) is 42.0 Å². The number of rotatable bonds is 7. The lowest BCUT2D eigenvalue weighted by Crippen LogP contribution is -2.44. The lowest BCUT2D eigenvalue weighted by atomic mass is 9.83. The number of carbonyl (C=O) groups is 1. The fraction of sp³-hybridized carbons (Fsp3) is 0.364. The van der Waals surface area contributed by atoms with Crippen molar-refractivity contribution in [2.75, 3.05) is 24.8 Å². The van der Waals surface area contributed by atoms with Crippen LogP contribution >= 0.6 is 0 Å². The molecule has 2 aromatic heterocycles. The standard InChI is InChI=1S/C22H25FN6O4/c1-5-33-21(31)22(3)14-16(24)25-18(26-17(14)27-20(22)30)15-11(2)19(32-4)29(28-15)10-12-8-6-7-9-13(12)23/h6-9,21,31H,5,10H2,1-4H3,(H3,24,25,26,27,30). The number of hydrogen-bond acceptors (Lipinski definition) is 8. The number of methoxy groups -OCH3 is 1. The van der Waals surface area contributed by atoms with Crippen molar-refractivity contribution < 1.29 is 23.8 Å².